The van der Waals surface area contributed by atoms with Crippen molar-refractivity contribution in [2.75, 3.05) is 31.1 Å². The molecule has 192 valence electrons. The van der Waals surface area contributed by atoms with Gasteiger partial charge < -0.3 is 19.9 Å². The van der Waals surface area contributed by atoms with E-state index in [0.717, 1.165) is 62.4 Å². The third-order valence-electron chi connectivity index (χ3n) is 10.1. The smallest absolute Gasteiger partial charge is 0.318 e. The van der Waals surface area contributed by atoms with Crippen LogP contribution in [0.5, 0.6) is 0 Å². The molecular formula is C29H34N6O2. The van der Waals surface area contributed by atoms with E-state index in [-0.39, 0.29) is 23.0 Å². The SMILES string of the molecule is Cc1cc(N2CC[C@](C)(c3ccccc3)C2)cn2nc(C34CC(CO3)C4N3CC4(CCC4)NC3=O)nc12. The van der Waals surface area contributed by atoms with Gasteiger partial charge in [-0.25, -0.2) is 14.3 Å². The number of urea groups is 1. The van der Waals surface area contributed by atoms with Crippen molar-refractivity contribution in [1.29, 1.82) is 0 Å². The summed E-state index contributed by atoms with van der Waals surface area (Å²) in [6.45, 7) is 7.93. The molecule has 37 heavy (non-hydrogen) atoms. The lowest BCUT2D eigenvalue weighted by atomic mass is 9.67. The first-order chi connectivity index (χ1) is 17.9. The Kier molecular flexibility index (Phi) is 4.29. The Morgan fingerprint density at radius 1 is 1.14 bits per heavy atom. The molecule has 6 fully saturated rings. The van der Waals surface area contributed by atoms with Crippen LogP contribution in [0.3, 0.4) is 0 Å². The van der Waals surface area contributed by atoms with Crippen molar-refractivity contribution in [2.24, 2.45) is 5.92 Å². The Morgan fingerprint density at radius 3 is 2.70 bits per heavy atom. The van der Waals surface area contributed by atoms with E-state index in [9.17, 15) is 4.79 Å². The summed E-state index contributed by atoms with van der Waals surface area (Å²) in [6, 6.07) is 13.2. The van der Waals surface area contributed by atoms with Gasteiger partial charge >= 0.3 is 6.03 Å². The van der Waals surface area contributed by atoms with Gasteiger partial charge in [-0.05, 0) is 56.2 Å². The minimum absolute atomic E-state index is 0.0187. The van der Waals surface area contributed by atoms with Crippen LogP contribution >= 0.6 is 0 Å². The summed E-state index contributed by atoms with van der Waals surface area (Å²) in [7, 11) is 0. The molecule has 9 rings (SSSR count). The van der Waals surface area contributed by atoms with Gasteiger partial charge in [-0.2, -0.15) is 0 Å². The topological polar surface area (TPSA) is 75.0 Å². The number of pyridine rings is 1. The summed E-state index contributed by atoms with van der Waals surface area (Å²) in [5.41, 5.74) is 4.09. The number of carbonyl (C=O) groups excluding carboxylic acids is 1. The molecule has 2 amide bonds. The van der Waals surface area contributed by atoms with Crippen LogP contribution in [0.2, 0.25) is 0 Å². The number of aryl methyl sites for hydroxylation is 1. The average molecular weight is 499 g/mol. The van der Waals surface area contributed by atoms with Gasteiger partial charge in [-0.1, -0.05) is 37.3 Å². The fourth-order valence-electron chi connectivity index (χ4n) is 7.77. The largest absolute Gasteiger partial charge is 0.369 e. The van der Waals surface area contributed by atoms with E-state index in [0.29, 0.717) is 12.5 Å². The Labute approximate surface area is 217 Å². The minimum Gasteiger partial charge on any atom is -0.369 e. The van der Waals surface area contributed by atoms with Crippen molar-refractivity contribution >= 4 is 17.4 Å². The molecule has 4 aliphatic heterocycles. The van der Waals surface area contributed by atoms with Crippen LogP contribution in [0.25, 0.3) is 5.65 Å². The zero-order chi connectivity index (χ0) is 25.0. The Hall–Kier alpha value is -3.13. The highest BCUT2D eigenvalue weighted by atomic mass is 16.5. The molecule has 6 aliphatic rings. The molecule has 2 saturated carbocycles. The number of rotatable bonds is 4. The number of nitrogens with zero attached hydrogens (tertiary/aromatic N) is 5. The van der Waals surface area contributed by atoms with E-state index in [1.54, 1.807) is 0 Å². The number of nitrogens with one attached hydrogen (secondary N) is 1. The molecule has 6 heterocycles. The third-order valence-corrected chi connectivity index (χ3v) is 10.1. The van der Waals surface area contributed by atoms with E-state index in [1.165, 1.54) is 17.7 Å². The van der Waals surface area contributed by atoms with Gasteiger partial charge in [0.25, 0.3) is 0 Å². The van der Waals surface area contributed by atoms with Crippen molar-refractivity contribution in [2.45, 2.75) is 68.5 Å². The second kappa shape index (κ2) is 7.25. The second-order valence-electron chi connectivity index (χ2n) is 12.5. The van der Waals surface area contributed by atoms with E-state index in [2.05, 4.69) is 66.7 Å². The van der Waals surface area contributed by atoms with E-state index < -0.39 is 5.60 Å². The summed E-state index contributed by atoms with van der Waals surface area (Å²) >= 11 is 0. The number of hydrogen-bond donors (Lipinski definition) is 1. The molecule has 8 heteroatoms. The lowest BCUT2D eigenvalue weighted by molar-refractivity contribution is -0.0754. The Bertz CT molecular complexity index is 1410. The standard InChI is InChI=1S/C29H34N6O2/c1-19-13-22(33-12-11-27(2,17-33)21-7-4-3-5-8-21)15-35-24(19)30-25(32-35)29-14-20(16-37-29)23(29)34-18-28(9-6-10-28)31-26(34)36/h3-5,7-8,13,15,20,23H,6,9-12,14,16-18H2,1-2H3,(H,31,36)/t20?,23?,27-,29?/m0/s1. The predicted molar refractivity (Wildman–Crippen MR) is 140 cm³/mol. The quantitative estimate of drug-likeness (QED) is 0.593. The number of anilines is 1. The lowest BCUT2D eigenvalue weighted by Crippen LogP contribution is -2.60. The van der Waals surface area contributed by atoms with Crippen molar-refractivity contribution in [3.05, 3.63) is 59.5 Å². The zero-order valence-electron chi connectivity index (χ0n) is 21.6. The van der Waals surface area contributed by atoms with Crippen LogP contribution in [-0.4, -0.2) is 63.4 Å². The molecule has 0 radical (unpaired) electrons. The van der Waals surface area contributed by atoms with Gasteiger partial charge in [-0.3, -0.25) is 0 Å². The molecule has 4 saturated heterocycles. The zero-order valence-corrected chi connectivity index (χ0v) is 21.6. The molecule has 1 aromatic carbocycles. The lowest BCUT2D eigenvalue weighted by Gasteiger charge is -2.48. The maximum Gasteiger partial charge on any atom is 0.318 e. The third kappa shape index (κ3) is 2.96. The molecule has 2 aliphatic carbocycles. The second-order valence-corrected chi connectivity index (χ2v) is 12.5. The summed E-state index contributed by atoms with van der Waals surface area (Å²) in [6.07, 6.45) is 7.48. The van der Waals surface area contributed by atoms with E-state index in [4.69, 9.17) is 14.8 Å². The highest BCUT2D eigenvalue weighted by molar-refractivity contribution is 5.79. The number of aromatic nitrogens is 3. The molecular weight excluding hydrogens is 464 g/mol. The summed E-state index contributed by atoms with van der Waals surface area (Å²) in [5.74, 6) is 1.09. The molecule has 3 unspecified atom stereocenters. The summed E-state index contributed by atoms with van der Waals surface area (Å²) in [4.78, 5) is 22.5. The molecule has 2 bridgehead atoms. The first-order valence-electron chi connectivity index (χ1n) is 13.8. The van der Waals surface area contributed by atoms with Crippen LogP contribution in [-0.2, 0) is 15.8 Å². The van der Waals surface area contributed by atoms with Gasteiger partial charge in [0.2, 0.25) is 0 Å². The van der Waals surface area contributed by atoms with Crippen LogP contribution in [0.4, 0.5) is 10.5 Å². The van der Waals surface area contributed by atoms with Crippen molar-refractivity contribution in [3.8, 4) is 0 Å². The van der Waals surface area contributed by atoms with Crippen molar-refractivity contribution < 1.29 is 9.53 Å². The number of fused-ring (bicyclic) bond motifs is 2. The number of benzene rings is 1. The molecule has 2 aromatic heterocycles. The number of hydrogen-bond acceptors (Lipinski definition) is 5. The molecule has 4 atom stereocenters. The summed E-state index contributed by atoms with van der Waals surface area (Å²) in [5, 5.41) is 8.28. The van der Waals surface area contributed by atoms with Crippen LogP contribution in [0.1, 0.15) is 56.0 Å². The fraction of sp³-hybridized carbons (Fsp3) is 0.552. The molecule has 3 aromatic rings. The molecule has 1 spiro atoms. The Balaban J connectivity index is 1.10. The number of carbonyl (C=O) groups is 1. The van der Waals surface area contributed by atoms with E-state index in [1.807, 2.05) is 9.42 Å². The highest BCUT2D eigenvalue weighted by Gasteiger charge is 2.68. The van der Waals surface area contributed by atoms with Gasteiger partial charge in [0.05, 0.1) is 30.1 Å². The van der Waals surface area contributed by atoms with Gasteiger partial charge in [0.1, 0.15) is 0 Å². The van der Waals surface area contributed by atoms with Crippen LogP contribution in [0.15, 0.2) is 42.6 Å². The normalized spacial score (nSPS) is 33.7. The van der Waals surface area contributed by atoms with Crippen molar-refractivity contribution in [3.63, 3.8) is 0 Å². The first kappa shape index (κ1) is 21.9. The average Bonchev–Trinajstić information content (AvgIpc) is 3.67. The monoisotopic (exact) mass is 498 g/mol. The number of ether oxygens (including phenoxy) is 1. The van der Waals surface area contributed by atoms with Crippen LogP contribution in [0, 0.1) is 12.8 Å². The first-order valence-corrected chi connectivity index (χ1v) is 13.8. The highest BCUT2D eigenvalue weighted by Crippen LogP contribution is 2.58. The van der Waals surface area contributed by atoms with Gasteiger partial charge in [-0.15, -0.1) is 5.10 Å². The van der Waals surface area contributed by atoms with Crippen LogP contribution < -0.4 is 10.2 Å². The van der Waals surface area contributed by atoms with Gasteiger partial charge in [0.15, 0.2) is 17.1 Å². The maximum atomic E-state index is 13.0. The number of amides is 2. The molecule has 8 nitrogen and oxygen atoms in total. The fourth-order valence-corrected chi connectivity index (χ4v) is 7.77. The van der Waals surface area contributed by atoms with Crippen molar-refractivity contribution in [1.82, 2.24) is 24.8 Å². The Morgan fingerprint density at radius 2 is 1.97 bits per heavy atom. The van der Waals surface area contributed by atoms with Gasteiger partial charge in [0, 0.05) is 31.0 Å². The molecule has 1 N–H and O–H groups in total. The van der Waals surface area contributed by atoms with E-state index >= 15 is 0 Å². The summed E-state index contributed by atoms with van der Waals surface area (Å²) < 4.78 is 8.34. The minimum atomic E-state index is -0.588. The predicted octanol–water partition coefficient (Wildman–Crippen LogP) is 3.77. The maximum absolute atomic E-state index is 13.0.